The molecule has 0 aromatic heterocycles. The number of phenolic OH excluding ortho intramolecular Hbond substituents is 1. The highest BCUT2D eigenvalue weighted by molar-refractivity contribution is 5.41. The summed E-state index contributed by atoms with van der Waals surface area (Å²) in [6.45, 7) is -0.328. The maximum Gasteiger partial charge on any atom is 0.119 e. The zero-order valence-electron chi connectivity index (χ0n) is 24.8. The summed E-state index contributed by atoms with van der Waals surface area (Å²) >= 11 is 0. The second-order valence-electron chi connectivity index (χ2n) is 6.90. The minimum Gasteiger partial charge on any atom is -0.508 e. The van der Waals surface area contributed by atoms with Gasteiger partial charge in [-0.15, -0.1) is 0 Å². The van der Waals surface area contributed by atoms with Crippen molar-refractivity contribution in [3.8, 4) is 5.75 Å². The van der Waals surface area contributed by atoms with Gasteiger partial charge >= 0.3 is 0 Å². The van der Waals surface area contributed by atoms with Crippen LogP contribution in [-0.4, -0.2) is 16.3 Å². The fraction of sp³-hybridized carbons (Fsp3) is 0.714. The summed E-state index contributed by atoms with van der Waals surface area (Å²) in [5.74, 6) is -0.0434. The maximum atomic E-state index is 10.7. The summed E-state index contributed by atoms with van der Waals surface area (Å²) in [6.07, 6.45) is -12.0. The average molecular weight is 330 g/mol. The van der Waals surface area contributed by atoms with E-state index in [1.165, 1.54) is 6.07 Å². The molecule has 1 fully saturated rings. The Labute approximate surface area is 157 Å². The number of aromatic hydroxyl groups is 1. The largest absolute Gasteiger partial charge is 0.508 e. The van der Waals surface area contributed by atoms with Crippen LogP contribution in [-0.2, 0) is 5.41 Å². The molecule has 2 rings (SSSR count). The highest BCUT2D eigenvalue weighted by atomic mass is 16.3. The first-order chi connectivity index (χ1) is 15.1. The van der Waals surface area contributed by atoms with E-state index in [1.54, 1.807) is 26.0 Å². The summed E-state index contributed by atoms with van der Waals surface area (Å²) < 4.78 is 86.6. The predicted molar refractivity (Wildman–Crippen MR) is 97.1 cm³/mol. The van der Waals surface area contributed by atoms with Crippen LogP contribution in [0.3, 0.4) is 0 Å². The molecule has 0 spiro atoms. The van der Waals surface area contributed by atoms with E-state index < -0.39 is 50.3 Å². The molecule has 0 unspecified atom stereocenters. The smallest absolute Gasteiger partial charge is 0.119 e. The molecule has 0 amide bonds. The Morgan fingerprint density at radius 2 is 2.09 bits per heavy atom. The lowest BCUT2D eigenvalue weighted by Crippen LogP contribution is -2.19. The third-order valence-electron chi connectivity index (χ3n) is 4.64. The quantitative estimate of drug-likeness (QED) is 0.677. The van der Waals surface area contributed by atoms with Gasteiger partial charge in [-0.05, 0) is 54.2 Å². The Hall–Kier alpha value is -1.02. The van der Waals surface area contributed by atoms with E-state index in [-0.39, 0.29) is 11.7 Å². The molecule has 2 nitrogen and oxygen atoms in total. The number of hydrogen-bond acceptors (Lipinski definition) is 2. The number of benzene rings is 1. The molecule has 1 aromatic carbocycles. The first-order valence-electron chi connectivity index (χ1n) is 13.6. The van der Waals surface area contributed by atoms with Crippen LogP contribution in [0.2, 0.25) is 0 Å². The van der Waals surface area contributed by atoms with Crippen molar-refractivity contribution in [1.82, 2.24) is 0 Å². The van der Waals surface area contributed by atoms with Crippen LogP contribution in [0.5, 0.6) is 5.75 Å². The topological polar surface area (TPSA) is 40.5 Å². The molecular formula is C21H34O2. The molecule has 2 N–H and O–H groups in total. The van der Waals surface area contributed by atoms with E-state index in [9.17, 15) is 10.2 Å². The van der Waals surface area contributed by atoms with Gasteiger partial charge in [0.1, 0.15) is 5.75 Å². The van der Waals surface area contributed by atoms with Crippen molar-refractivity contribution in [2.75, 3.05) is 0 Å². The molecule has 0 heterocycles. The van der Waals surface area contributed by atoms with Gasteiger partial charge in [0.25, 0.3) is 0 Å². The SMILES string of the molecule is [2H]C([2H])([2H])C([2H])([2H])C([2H])([2H])C([2H])([2H])C([2H])([2H])CC(C)(C)c1ccc([C@H]2CCC[C@@H](O)C2)c(O)c1. The first-order valence-corrected chi connectivity index (χ1v) is 8.10. The van der Waals surface area contributed by atoms with Gasteiger partial charge < -0.3 is 10.2 Å². The van der Waals surface area contributed by atoms with Crippen LogP contribution >= 0.6 is 0 Å². The Bertz CT molecular complexity index is 878. The van der Waals surface area contributed by atoms with E-state index in [1.807, 2.05) is 0 Å². The van der Waals surface area contributed by atoms with Gasteiger partial charge in [0.2, 0.25) is 0 Å². The van der Waals surface area contributed by atoms with Crippen LogP contribution in [0.4, 0.5) is 0 Å². The van der Waals surface area contributed by atoms with Gasteiger partial charge in [-0.2, -0.15) is 0 Å². The second-order valence-corrected chi connectivity index (χ2v) is 6.90. The van der Waals surface area contributed by atoms with E-state index in [2.05, 4.69) is 0 Å². The van der Waals surface area contributed by atoms with Crippen LogP contribution in [0.25, 0.3) is 0 Å². The molecule has 0 bridgehead atoms. The van der Waals surface area contributed by atoms with Crippen molar-refractivity contribution in [2.24, 2.45) is 0 Å². The van der Waals surface area contributed by atoms with Gasteiger partial charge in [-0.1, -0.05) is 64.7 Å². The second kappa shape index (κ2) is 8.19. The van der Waals surface area contributed by atoms with Crippen molar-refractivity contribution >= 4 is 0 Å². The number of hydrogen-bond donors (Lipinski definition) is 2. The summed E-state index contributed by atoms with van der Waals surface area (Å²) in [5.41, 5.74) is 0.00450. The lowest BCUT2D eigenvalue weighted by Gasteiger charge is -2.29. The van der Waals surface area contributed by atoms with E-state index in [0.717, 1.165) is 12.8 Å². The lowest BCUT2D eigenvalue weighted by molar-refractivity contribution is 0.119. The summed E-state index contributed by atoms with van der Waals surface area (Å²) in [6, 6.07) is 4.84. The van der Waals surface area contributed by atoms with E-state index in [4.69, 9.17) is 15.1 Å². The van der Waals surface area contributed by atoms with Crippen molar-refractivity contribution in [2.45, 2.75) is 95.7 Å². The fourth-order valence-electron chi connectivity index (χ4n) is 3.20. The van der Waals surface area contributed by atoms with Crippen molar-refractivity contribution in [3.05, 3.63) is 29.3 Å². The molecule has 23 heavy (non-hydrogen) atoms. The minimum absolute atomic E-state index is 0.0177. The predicted octanol–water partition coefficient (Wildman–Crippen LogP) is 5.66. The third-order valence-corrected chi connectivity index (χ3v) is 4.64. The minimum atomic E-state index is -3.68. The number of phenols is 1. The number of aliphatic hydroxyl groups is 1. The molecular weight excluding hydrogens is 284 g/mol. The summed E-state index contributed by atoms with van der Waals surface area (Å²) in [4.78, 5) is 0. The Balaban J connectivity index is 2.36. The molecule has 2 atom stereocenters. The summed E-state index contributed by atoms with van der Waals surface area (Å²) in [5, 5.41) is 20.6. The number of aliphatic hydroxyl groups excluding tert-OH is 1. The molecule has 1 aliphatic carbocycles. The Morgan fingerprint density at radius 1 is 1.26 bits per heavy atom. The zero-order valence-corrected chi connectivity index (χ0v) is 13.8. The highest BCUT2D eigenvalue weighted by Crippen LogP contribution is 2.40. The van der Waals surface area contributed by atoms with Gasteiger partial charge in [0.15, 0.2) is 0 Å². The van der Waals surface area contributed by atoms with Gasteiger partial charge in [0.05, 0.1) is 6.10 Å². The lowest BCUT2D eigenvalue weighted by atomic mass is 9.77. The van der Waals surface area contributed by atoms with Crippen LogP contribution in [0.1, 0.15) is 110 Å². The van der Waals surface area contributed by atoms with Gasteiger partial charge in [-0.3, -0.25) is 0 Å². The van der Waals surface area contributed by atoms with Crippen molar-refractivity contribution in [1.29, 1.82) is 0 Å². The van der Waals surface area contributed by atoms with Crippen molar-refractivity contribution < 1.29 is 25.3 Å². The first kappa shape index (κ1) is 8.38. The molecule has 1 saturated carbocycles. The molecule has 0 aliphatic heterocycles. The highest BCUT2D eigenvalue weighted by Gasteiger charge is 2.26. The van der Waals surface area contributed by atoms with E-state index >= 15 is 0 Å². The molecule has 1 aromatic rings. The summed E-state index contributed by atoms with van der Waals surface area (Å²) in [7, 11) is 0. The van der Waals surface area contributed by atoms with Crippen LogP contribution < -0.4 is 0 Å². The monoisotopic (exact) mass is 329 g/mol. The standard InChI is InChI=1S/C21H34O2/c1-4-5-6-7-13-21(2,3)17-11-12-19(20(23)15-17)16-9-8-10-18(22)14-16/h11-12,15-16,18,22-23H,4-10,13-14H2,1-3H3/t16-,18+/m0/s1/i1D3,4D2,5D2,6D2,7D2. The molecule has 0 saturated heterocycles. The number of rotatable bonds is 7. The average Bonchev–Trinajstić information content (AvgIpc) is 2.65. The van der Waals surface area contributed by atoms with Gasteiger partial charge in [-0.25, -0.2) is 0 Å². The Morgan fingerprint density at radius 3 is 2.78 bits per heavy atom. The normalized spacial score (nSPS) is 32.4. The van der Waals surface area contributed by atoms with Gasteiger partial charge in [0, 0.05) is 15.1 Å². The maximum absolute atomic E-state index is 10.7. The third kappa shape index (κ3) is 4.97. The zero-order chi connectivity index (χ0) is 26.5. The van der Waals surface area contributed by atoms with E-state index in [0.29, 0.717) is 24.0 Å². The molecule has 1 aliphatic rings. The Kier molecular flexibility index (Phi) is 2.98. The molecule has 2 heteroatoms. The molecule has 130 valence electrons. The van der Waals surface area contributed by atoms with Crippen LogP contribution in [0.15, 0.2) is 18.2 Å². The van der Waals surface area contributed by atoms with Crippen molar-refractivity contribution in [3.63, 3.8) is 0 Å². The molecule has 0 radical (unpaired) electrons. The fourth-order valence-corrected chi connectivity index (χ4v) is 3.20. The van der Waals surface area contributed by atoms with Crippen LogP contribution in [0, 0.1) is 0 Å².